The van der Waals surface area contributed by atoms with Crippen LogP contribution >= 0.6 is 15.9 Å². The van der Waals surface area contributed by atoms with Gasteiger partial charge in [-0.25, -0.2) is 4.98 Å². The lowest BCUT2D eigenvalue weighted by Gasteiger charge is -2.22. The summed E-state index contributed by atoms with van der Waals surface area (Å²) in [5.41, 5.74) is 1.13. The summed E-state index contributed by atoms with van der Waals surface area (Å²) in [7, 11) is 0. The molecule has 3 aromatic carbocycles. The van der Waals surface area contributed by atoms with Crippen LogP contribution in [0.3, 0.4) is 0 Å². The Morgan fingerprint density at radius 3 is 2.41 bits per heavy atom. The molecule has 1 unspecified atom stereocenters. The number of fused-ring (bicyclic) bond motifs is 2. The van der Waals surface area contributed by atoms with Crippen LogP contribution in [0.4, 0.5) is 16.0 Å². The van der Waals surface area contributed by atoms with Crippen molar-refractivity contribution in [1.82, 2.24) is 19.9 Å². The monoisotopic (exact) mass is 726 g/mol. The van der Waals surface area contributed by atoms with Gasteiger partial charge in [0.05, 0.1) is 9.99 Å². The van der Waals surface area contributed by atoms with Crippen LogP contribution in [0.2, 0.25) is 0 Å². The number of pyridine rings is 1. The average molecular weight is 728 g/mol. The number of Topliss-reactive ketones (excluding diaryl/α,β-unsaturated/α-hetero) is 2. The van der Waals surface area contributed by atoms with Crippen LogP contribution < -0.4 is 15.0 Å². The van der Waals surface area contributed by atoms with Crippen LogP contribution in [0.1, 0.15) is 82.2 Å². The number of nitrogens with one attached hydrogen (secondary N) is 1. The third kappa shape index (κ3) is 6.98. The fraction of sp³-hybridized carbons (Fsp3) is 0.250. The van der Waals surface area contributed by atoms with Crippen molar-refractivity contribution >= 4 is 55.9 Å². The van der Waals surface area contributed by atoms with Crippen LogP contribution in [-0.4, -0.2) is 55.6 Å². The highest BCUT2D eigenvalue weighted by Crippen LogP contribution is 2.42. The van der Waals surface area contributed by atoms with Crippen molar-refractivity contribution in [2.24, 2.45) is 0 Å². The van der Waals surface area contributed by atoms with E-state index in [9.17, 15) is 23.9 Å². The summed E-state index contributed by atoms with van der Waals surface area (Å²) < 4.78 is 20.6. The number of rotatable bonds is 12. The van der Waals surface area contributed by atoms with Crippen LogP contribution in [0, 0.1) is 6.08 Å². The number of halogens is 2. The third-order valence-electron chi connectivity index (χ3n) is 8.17. The first kappa shape index (κ1) is 33.6. The number of anilines is 2. The van der Waals surface area contributed by atoms with Crippen molar-refractivity contribution in [1.29, 1.82) is 0 Å². The van der Waals surface area contributed by atoms with Crippen molar-refractivity contribution in [2.45, 2.75) is 45.4 Å². The quantitative estimate of drug-likeness (QED) is 0.123. The van der Waals surface area contributed by atoms with Crippen LogP contribution in [0.5, 0.6) is 17.5 Å². The summed E-state index contributed by atoms with van der Waals surface area (Å²) in [6, 6.07) is 17.4. The maximum Gasteiger partial charge on any atom is 0.329 e. The predicted octanol–water partition coefficient (Wildman–Crippen LogP) is 7.64. The SMILES string of the molecule is CCCCN(CCCC)c1nc(F)nc(Oc2cccc(NC(=O)c3ccc4c(c3)C(=O)C(c3nc5ccccc5c(Br)c3O)C4=O)c2)n1. The van der Waals surface area contributed by atoms with Gasteiger partial charge in [-0.3, -0.25) is 14.4 Å². The van der Waals surface area contributed by atoms with Gasteiger partial charge in [-0.2, -0.15) is 14.4 Å². The van der Waals surface area contributed by atoms with Gasteiger partial charge in [0.2, 0.25) is 5.95 Å². The number of nitrogens with zero attached hydrogens (tertiary/aromatic N) is 5. The Labute approximate surface area is 289 Å². The smallest absolute Gasteiger partial charge is 0.329 e. The van der Waals surface area contributed by atoms with Gasteiger partial charge in [0.25, 0.3) is 5.91 Å². The second kappa shape index (κ2) is 14.4. The van der Waals surface area contributed by atoms with Gasteiger partial charge in [0.1, 0.15) is 17.4 Å². The number of hydrogen-bond acceptors (Lipinski definition) is 10. The summed E-state index contributed by atoms with van der Waals surface area (Å²) in [5, 5.41) is 14.3. The normalized spacial score (nSPS) is 13.8. The van der Waals surface area contributed by atoms with Gasteiger partial charge in [0.15, 0.2) is 17.3 Å². The molecule has 49 heavy (non-hydrogen) atoms. The lowest BCUT2D eigenvalue weighted by molar-refractivity contribution is 0.0885. The molecule has 2 N–H and O–H groups in total. The van der Waals surface area contributed by atoms with E-state index in [0.717, 1.165) is 25.7 Å². The van der Waals surface area contributed by atoms with Gasteiger partial charge in [-0.1, -0.05) is 51.0 Å². The Hall–Kier alpha value is -5.30. The molecule has 1 amide bonds. The van der Waals surface area contributed by atoms with E-state index in [4.69, 9.17) is 4.74 Å². The van der Waals surface area contributed by atoms with Crippen LogP contribution in [0.15, 0.2) is 71.2 Å². The highest BCUT2D eigenvalue weighted by Gasteiger charge is 2.43. The number of hydrogen-bond donors (Lipinski definition) is 2. The van der Waals surface area contributed by atoms with Crippen molar-refractivity contribution in [3.8, 4) is 17.5 Å². The molecular weight excluding hydrogens is 695 g/mol. The first-order chi connectivity index (χ1) is 23.7. The van der Waals surface area contributed by atoms with Gasteiger partial charge >= 0.3 is 12.1 Å². The van der Waals surface area contributed by atoms with E-state index in [1.807, 2.05) is 4.90 Å². The van der Waals surface area contributed by atoms with Gasteiger partial charge < -0.3 is 20.1 Å². The molecule has 11 nitrogen and oxygen atoms in total. The molecule has 0 spiro atoms. The lowest BCUT2D eigenvalue weighted by atomic mass is 9.97. The number of para-hydroxylation sites is 1. The minimum atomic E-state index is -1.35. The van der Waals surface area contributed by atoms with E-state index in [2.05, 4.69) is 55.0 Å². The summed E-state index contributed by atoms with van der Waals surface area (Å²) in [6.07, 6.45) is 2.75. The lowest BCUT2D eigenvalue weighted by Crippen LogP contribution is -2.28. The van der Waals surface area contributed by atoms with Gasteiger partial charge in [0, 0.05) is 46.9 Å². The molecule has 1 atom stereocenters. The molecule has 0 fully saturated rings. The number of aromatic hydroxyl groups is 1. The molecule has 1 aliphatic carbocycles. The average Bonchev–Trinajstić information content (AvgIpc) is 3.34. The van der Waals surface area contributed by atoms with E-state index in [1.54, 1.807) is 42.5 Å². The Morgan fingerprint density at radius 1 is 0.918 bits per heavy atom. The minimum absolute atomic E-state index is 0.0561. The van der Waals surface area contributed by atoms with Crippen LogP contribution in [0.25, 0.3) is 10.9 Å². The number of unbranched alkanes of at least 4 members (excludes halogenated alkanes) is 2. The molecule has 5 aromatic rings. The molecule has 2 heterocycles. The number of benzene rings is 3. The van der Waals surface area contributed by atoms with E-state index in [1.165, 1.54) is 24.3 Å². The Kier molecular flexibility index (Phi) is 9.90. The molecule has 13 heteroatoms. The molecule has 0 bridgehead atoms. The number of amides is 1. The van der Waals surface area contributed by atoms with Crippen molar-refractivity contribution in [2.75, 3.05) is 23.3 Å². The van der Waals surface area contributed by atoms with Crippen molar-refractivity contribution < 1.29 is 28.6 Å². The molecule has 0 aliphatic heterocycles. The second-order valence-corrected chi connectivity index (χ2v) is 12.4. The summed E-state index contributed by atoms with van der Waals surface area (Å²) in [5.74, 6) is -2.84. The maximum absolute atomic E-state index is 14.5. The molecule has 250 valence electrons. The maximum atomic E-state index is 14.5. The third-order valence-corrected chi connectivity index (χ3v) is 8.97. The van der Waals surface area contributed by atoms with E-state index in [0.29, 0.717) is 34.2 Å². The zero-order valence-electron chi connectivity index (χ0n) is 26.7. The number of ether oxygens (including phenoxy) is 1. The largest absolute Gasteiger partial charge is 0.505 e. The minimum Gasteiger partial charge on any atom is -0.505 e. The first-order valence-corrected chi connectivity index (χ1v) is 16.7. The number of carbonyl (C=O) groups excluding carboxylic acids is 3. The summed E-state index contributed by atoms with van der Waals surface area (Å²) in [4.78, 5) is 58.6. The zero-order valence-corrected chi connectivity index (χ0v) is 28.3. The molecule has 0 saturated heterocycles. The fourth-order valence-corrected chi connectivity index (χ4v) is 6.17. The fourth-order valence-electron chi connectivity index (χ4n) is 5.63. The second-order valence-electron chi connectivity index (χ2n) is 11.6. The Balaban J connectivity index is 1.19. The topological polar surface area (TPSA) is 148 Å². The van der Waals surface area contributed by atoms with Gasteiger partial charge in [-0.05, 0) is 65.2 Å². The zero-order chi connectivity index (χ0) is 34.7. The van der Waals surface area contributed by atoms with E-state index in [-0.39, 0.29) is 45.8 Å². The molecule has 6 rings (SSSR count). The number of carbonyl (C=O) groups is 3. The number of aromatic nitrogens is 4. The first-order valence-electron chi connectivity index (χ1n) is 15.9. The Morgan fingerprint density at radius 2 is 1.65 bits per heavy atom. The standard InChI is InChI=1S/C36H32BrFN6O5/c1-3-5-16-44(17-6-4-2)35-41-34(38)42-36(43-35)49-22-11-9-10-21(19-22)39-33(48)20-14-15-23-25(18-20)31(46)27(30(23)45)29-32(47)28(37)24-12-7-8-13-26(24)40-29/h7-15,18-19,27,47H,3-6,16-17H2,1-2H3,(H,39,48). The predicted molar refractivity (Wildman–Crippen MR) is 185 cm³/mol. The highest BCUT2D eigenvalue weighted by atomic mass is 79.9. The summed E-state index contributed by atoms with van der Waals surface area (Å²) >= 11 is 3.36. The van der Waals surface area contributed by atoms with E-state index < -0.39 is 29.5 Å². The molecule has 0 radical (unpaired) electrons. The number of ketones is 2. The molecular formula is C36H32BrFN6O5. The summed E-state index contributed by atoms with van der Waals surface area (Å²) in [6.45, 7) is 5.49. The van der Waals surface area contributed by atoms with Crippen molar-refractivity contribution in [3.05, 3.63) is 99.7 Å². The van der Waals surface area contributed by atoms with E-state index >= 15 is 0 Å². The highest BCUT2D eigenvalue weighted by molar-refractivity contribution is 9.10. The van der Waals surface area contributed by atoms with Crippen LogP contribution in [-0.2, 0) is 0 Å². The molecule has 2 aromatic heterocycles. The van der Waals surface area contributed by atoms with Crippen molar-refractivity contribution in [3.63, 3.8) is 0 Å². The molecule has 1 aliphatic rings. The van der Waals surface area contributed by atoms with Gasteiger partial charge in [-0.15, -0.1) is 4.98 Å². The Bertz CT molecular complexity index is 2090. The molecule has 0 saturated carbocycles.